The van der Waals surface area contributed by atoms with Crippen molar-refractivity contribution in [2.45, 2.75) is 5.41 Å². The molecule has 65 heavy (non-hydrogen) atoms. The van der Waals surface area contributed by atoms with Crippen LogP contribution >= 0.6 is 0 Å². The average molecular weight is 827 g/mol. The van der Waals surface area contributed by atoms with Crippen LogP contribution in [0.25, 0.3) is 99.5 Å². The number of nitrogens with zero attached hydrogens (tertiary/aromatic N) is 4. The van der Waals surface area contributed by atoms with Crippen molar-refractivity contribution in [2.24, 2.45) is 0 Å². The lowest BCUT2D eigenvalue weighted by molar-refractivity contribution is 0.769. The van der Waals surface area contributed by atoms with Crippen LogP contribution in [0.5, 0.6) is 0 Å². The molecule has 0 saturated heterocycles. The Morgan fingerprint density at radius 2 is 0.723 bits per heavy atom. The second-order valence-electron chi connectivity index (χ2n) is 16.9. The maximum atomic E-state index is 5.47. The zero-order valence-corrected chi connectivity index (χ0v) is 35.2. The standard InChI is InChI=1S/C61H38N4/c1-3-15-39(16-4-1)51-37-55(64-59-49(51)31-29-41-21-13-33-62-57(41)59)43-19-11-23-45(35-43)61(53-27-9-7-25-47(53)48-26-8-10-28-54(48)61)46-24-12-20-44(36-46)56-38-52(40-17-5-2-6-18-40)50-32-30-42-22-14-34-63-58(42)60(50)65-56/h1-38H. The maximum absolute atomic E-state index is 5.47. The van der Waals surface area contributed by atoms with Crippen molar-refractivity contribution in [2.75, 3.05) is 0 Å². The van der Waals surface area contributed by atoms with E-state index in [1.165, 1.54) is 22.3 Å². The summed E-state index contributed by atoms with van der Waals surface area (Å²) in [6, 6.07) is 78.6. The summed E-state index contributed by atoms with van der Waals surface area (Å²) in [7, 11) is 0. The summed E-state index contributed by atoms with van der Waals surface area (Å²) in [6.45, 7) is 0. The van der Waals surface area contributed by atoms with E-state index in [0.717, 1.165) is 99.5 Å². The fourth-order valence-corrected chi connectivity index (χ4v) is 10.5. The Labute approximate surface area is 376 Å². The Hall–Kier alpha value is -8.60. The molecule has 0 radical (unpaired) electrons. The molecule has 1 aliphatic rings. The van der Waals surface area contributed by atoms with Gasteiger partial charge in [-0.15, -0.1) is 0 Å². The van der Waals surface area contributed by atoms with E-state index in [-0.39, 0.29) is 0 Å². The normalized spacial score (nSPS) is 12.7. The fourth-order valence-electron chi connectivity index (χ4n) is 10.5. The van der Waals surface area contributed by atoms with E-state index in [1.807, 2.05) is 24.5 Å². The van der Waals surface area contributed by atoms with Crippen molar-refractivity contribution >= 4 is 43.6 Å². The van der Waals surface area contributed by atoms with Crippen LogP contribution in [0, 0.1) is 0 Å². The molecule has 0 amide bonds. The number of aromatic nitrogens is 4. The molecule has 0 N–H and O–H groups in total. The lowest BCUT2D eigenvalue weighted by atomic mass is 9.67. The summed E-state index contributed by atoms with van der Waals surface area (Å²) in [5.74, 6) is 0. The number of hydrogen-bond acceptors (Lipinski definition) is 4. The molecule has 0 bridgehead atoms. The Bertz CT molecular complexity index is 3590. The van der Waals surface area contributed by atoms with Gasteiger partial charge in [-0.1, -0.05) is 182 Å². The van der Waals surface area contributed by atoms with Crippen molar-refractivity contribution in [1.29, 1.82) is 0 Å². The predicted molar refractivity (Wildman–Crippen MR) is 267 cm³/mol. The second kappa shape index (κ2) is 14.8. The van der Waals surface area contributed by atoms with Crippen molar-refractivity contribution in [1.82, 2.24) is 19.9 Å². The van der Waals surface area contributed by atoms with Crippen LogP contribution in [-0.2, 0) is 5.41 Å². The minimum Gasteiger partial charge on any atom is -0.254 e. The van der Waals surface area contributed by atoms with E-state index in [9.17, 15) is 0 Å². The first-order valence-corrected chi connectivity index (χ1v) is 22.1. The fraction of sp³-hybridized carbons (Fsp3) is 0.0164. The topological polar surface area (TPSA) is 51.6 Å². The van der Waals surface area contributed by atoms with Gasteiger partial charge in [-0.3, -0.25) is 9.97 Å². The summed E-state index contributed by atoms with van der Waals surface area (Å²) in [5, 5.41) is 4.29. The monoisotopic (exact) mass is 826 g/mol. The van der Waals surface area contributed by atoms with Gasteiger partial charge in [0.25, 0.3) is 0 Å². The van der Waals surface area contributed by atoms with Crippen LogP contribution in [0.1, 0.15) is 22.3 Å². The number of benzene rings is 8. The van der Waals surface area contributed by atoms with Crippen LogP contribution in [0.2, 0.25) is 0 Å². The number of hydrogen-bond donors (Lipinski definition) is 0. The predicted octanol–water partition coefficient (Wildman–Crippen LogP) is 14.9. The lowest BCUT2D eigenvalue weighted by Crippen LogP contribution is -2.28. The first kappa shape index (κ1) is 37.0. The van der Waals surface area contributed by atoms with Gasteiger partial charge < -0.3 is 0 Å². The highest BCUT2D eigenvalue weighted by molar-refractivity contribution is 6.10. The molecular weight excluding hydrogens is 789 g/mol. The average Bonchev–Trinajstić information content (AvgIpc) is 3.69. The molecule has 13 rings (SSSR count). The number of rotatable bonds is 6. The highest BCUT2D eigenvalue weighted by Gasteiger charge is 2.46. The molecule has 0 saturated carbocycles. The molecule has 8 aromatic carbocycles. The van der Waals surface area contributed by atoms with E-state index >= 15 is 0 Å². The minimum atomic E-state index is -0.667. The number of fused-ring (bicyclic) bond motifs is 9. The molecule has 0 fully saturated rings. The van der Waals surface area contributed by atoms with Gasteiger partial charge in [0.1, 0.15) is 0 Å². The van der Waals surface area contributed by atoms with E-state index < -0.39 is 5.41 Å². The summed E-state index contributed by atoms with van der Waals surface area (Å²) in [5.41, 5.74) is 18.6. The van der Waals surface area contributed by atoms with E-state index in [4.69, 9.17) is 19.9 Å². The van der Waals surface area contributed by atoms with E-state index in [0.29, 0.717) is 0 Å². The summed E-state index contributed by atoms with van der Waals surface area (Å²) in [6.07, 6.45) is 3.72. The summed E-state index contributed by atoms with van der Waals surface area (Å²) >= 11 is 0. The first-order valence-electron chi connectivity index (χ1n) is 22.1. The van der Waals surface area contributed by atoms with E-state index in [2.05, 4.69) is 206 Å². The molecule has 4 heteroatoms. The van der Waals surface area contributed by atoms with Gasteiger partial charge in [-0.2, -0.15) is 0 Å². The minimum absolute atomic E-state index is 0.667. The lowest BCUT2D eigenvalue weighted by Gasteiger charge is -2.34. The van der Waals surface area contributed by atoms with Gasteiger partial charge in [-0.25, -0.2) is 9.97 Å². The molecule has 0 atom stereocenters. The first-order chi connectivity index (χ1) is 32.2. The molecule has 0 aliphatic heterocycles. The van der Waals surface area contributed by atoms with Crippen molar-refractivity contribution in [3.8, 4) is 55.9 Å². The SMILES string of the molecule is c1ccc(-c2cc(-c3cccc(C4(c5cccc(-c6cc(-c7ccccc7)c7ccc8cccnc8c7n6)c5)c5ccccc5-c5ccccc54)c3)nc3c2ccc2cccnc23)cc1. The molecule has 302 valence electrons. The third-order valence-corrected chi connectivity index (χ3v) is 13.4. The molecule has 4 aromatic heterocycles. The molecule has 4 heterocycles. The van der Waals surface area contributed by atoms with Crippen molar-refractivity contribution in [3.63, 3.8) is 0 Å². The second-order valence-corrected chi connectivity index (χ2v) is 16.9. The largest absolute Gasteiger partial charge is 0.254 e. The van der Waals surface area contributed by atoms with Crippen LogP contribution < -0.4 is 0 Å². The van der Waals surface area contributed by atoms with Crippen LogP contribution in [0.3, 0.4) is 0 Å². The Balaban J connectivity index is 1.06. The zero-order chi connectivity index (χ0) is 42.9. The van der Waals surface area contributed by atoms with E-state index in [1.54, 1.807) is 0 Å². The highest BCUT2D eigenvalue weighted by Crippen LogP contribution is 2.57. The summed E-state index contributed by atoms with van der Waals surface area (Å²) in [4.78, 5) is 20.7. The van der Waals surface area contributed by atoms with Gasteiger partial charge in [0.05, 0.1) is 38.9 Å². The molecule has 12 aromatic rings. The smallest absolute Gasteiger partial charge is 0.0978 e. The zero-order valence-electron chi connectivity index (χ0n) is 35.2. The Kier molecular flexibility index (Phi) is 8.40. The van der Waals surface area contributed by atoms with Crippen LogP contribution in [-0.4, -0.2) is 19.9 Å². The van der Waals surface area contributed by atoms with Crippen molar-refractivity contribution in [3.05, 3.63) is 253 Å². The molecule has 0 unspecified atom stereocenters. The van der Waals surface area contributed by atoms with Gasteiger partial charge in [0.15, 0.2) is 0 Å². The molecule has 1 aliphatic carbocycles. The summed E-state index contributed by atoms with van der Waals surface area (Å²) < 4.78 is 0. The molecule has 4 nitrogen and oxygen atoms in total. The van der Waals surface area contributed by atoms with Crippen molar-refractivity contribution < 1.29 is 0 Å². The van der Waals surface area contributed by atoms with Gasteiger partial charge >= 0.3 is 0 Å². The third-order valence-electron chi connectivity index (χ3n) is 13.4. The Morgan fingerprint density at radius 1 is 0.292 bits per heavy atom. The third kappa shape index (κ3) is 5.77. The van der Waals surface area contributed by atoms with Crippen LogP contribution in [0.4, 0.5) is 0 Å². The van der Waals surface area contributed by atoms with Crippen LogP contribution in [0.15, 0.2) is 231 Å². The maximum Gasteiger partial charge on any atom is 0.0978 e. The highest BCUT2D eigenvalue weighted by atomic mass is 14.8. The van der Waals surface area contributed by atoms with Gasteiger partial charge in [0.2, 0.25) is 0 Å². The van der Waals surface area contributed by atoms with Gasteiger partial charge in [0, 0.05) is 45.1 Å². The number of pyridine rings is 4. The van der Waals surface area contributed by atoms with Gasteiger partial charge in [-0.05, 0) is 92.0 Å². The molecular formula is C61H38N4. The quantitative estimate of drug-likeness (QED) is 0.157. The molecule has 0 spiro atoms. The Morgan fingerprint density at radius 3 is 1.20 bits per heavy atom.